The number of hydrogen-bond donors (Lipinski definition) is 5. The number of nitrogens with zero attached hydrogens (tertiary/aromatic N) is 1. The number of carbonyl (C=O) groups excluding carboxylic acids is 6. The molecule has 0 fully saturated rings. The van der Waals surface area contributed by atoms with Gasteiger partial charge in [0, 0.05) is 30.8 Å². The molecule has 7 amide bonds. The van der Waals surface area contributed by atoms with Crippen LogP contribution in [-0.2, 0) is 38.2 Å². The molecule has 0 aliphatic carbocycles. The molecule has 1 aliphatic heterocycles. The second kappa shape index (κ2) is 20.6. The van der Waals surface area contributed by atoms with E-state index < -0.39 is 29.9 Å². The Morgan fingerprint density at radius 1 is 0.826 bits per heavy atom. The Morgan fingerprint density at radius 2 is 1.41 bits per heavy atom. The second-order valence-corrected chi connectivity index (χ2v) is 10.9. The van der Waals surface area contributed by atoms with Crippen LogP contribution < -0.4 is 27.0 Å². The Balaban J connectivity index is 1.70. The van der Waals surface area contributed by atoms with Crippen LogP contribution in [0.4, 0.5) is 10.5 Å². The van der Waals surface area contributed by atoms with E-state index in [1.165, 1.54) is 12.2 Å². The van der Waals surface area contributed by atoms with Gasteiger partial charge in [0.1, 0.15) is 12.1 Å². The summed E-state index contributed by atoms with van der Waals surface area (Å²) in [6.45, 7) is 7.30. The highest BCUT2D eigenvalue weighted by Gasteiger charge is 2.29. The van der Waals surface area contributed by atoms with Crippen molar-refractivity contribution in [1.82, 2.24) is 20.9 Å². The number of nitrogens with one attached hydrogen (secondary N) is 4. The van der Waals surface area contributed by atoms with Crippen molar-refractivity contribution >= 4 is 41.3 Å². The van der Waals surface area contributed by atoms with Crippen molar-refractivity contribution in [2.24, 2.45) is 11.7 Å². The summed E-state index contributed by atoms with van der Waals surface area (Å²) in [6, 6.07) is 4.71. The number of amides is 7. The minimum atomic E-state index is -0.925. The lowest BCUT2D eigenvalue weighted by molar-refractivity contribution is -0.137. The number of rotatable bonds is 22. The van der Waals surface area contributed by atoms with Crippen LogP contribution in [0, 0.1) is 12.8 Å². The zero-order chi connectivity index (χ0) is 33.9. The van der Waals surface area contributed by atoms with Crippen LogP contribution in [-0.4, -0.2) is 105 Å². The fraction of sp³-hybridized carbons (Fsp3) is 0.548. The number of aryl methyl sites for hydroxylation is 1. The number of carbonyl (C=O) groups is 6. The summed E-state index contributed by atoms with van der Waals surface area (Å²) in [7, 11) is 0. The summed E-state index contributed by atoms with van der Waals surface area (Å²) >= 11 is 0. The zero-order valence-electron chi connectivity index (χ0n) is 26.7. The first-order chi connectivity index (χ1) is 22.0. The number of primary amides is 1. The van der Waals surface area contributed by atoms with Crippen molar-refractivity contribution in [3.8, 4) is 0 Å². The van der Waals surface area contributed by atoms with Gasteiger partial charge in [0.15, 0.2) is 0 Å². The van der Waals surface area contributed by atoms with E-state index >= 15 is 0 Å². The molecule has 15 nitrogen and oxygen atoms in total. The number of nitrogens with two attached hydrogens (primary N) is 1. The number of ether oxygens (including phenoxy) is 3. The second-order valence-electron chi connectivity index (χ2n) is 10.9. The largest absolute Gasteiger partial charge is 0.379 e. The van der Waals surface area contributed by atoms with Crippen molar-refractivity contribution in [3.05, 3.63) is 42.0 Å². The molecule has 2 rings (SSSR count). The predicted octanol–water partition coefficient (Wildman–Crippen LogP) is 0.373. The standard InChI is InChI=1S/C31H46N6O9/c1-21(2)28(30(42)35-24(5-4-13-33-31(32)43)29(41)34-23-8-6-22(3)7-9-23)36-25(38)12-15-44-17-19-46-20-18-45-16-14-37-26(39)10-11-27(37)40/h6-11,21,24,28H,4-5,12-20H2,1-3H3,(H,34,41)(H,35,42)(H,36,38)(H3,32,33,43)/t24-,28-/m0/s1. The molecule has 1 aromatic carbocycles. The highest BCUT2D eigenvalue weighted by molar-refractivity contribution is 6.12. The van der Waals surface area contributed by atoms with Crippen LogP contribution in [0.25, 0.3) is 0 Å². The topological polar surface area (TPSA) is 207 Å². The van der Waals surface area contributed by atoms with Gasteiger partial charge in [-0.2, -0.15) is 0 Å². The Hall–Kier alpha value is -4.34. The van der Waals surface area contributed by atoms with Crippen LogP contribution in [0.2, 0.25) is 0 Å². The summed E-state index contributed by atoms with van der Waals surface area (Å²) in [5.74, 6) is -2.31. The van der Waals surface area contributed by atoms with Crippen LogP contribution >= 0.6 is 0 Å². The van der Waals surface area contributed by atoms with Crippen LogP contribution in [0.5, 0.6) is 0 Å². The third kappa shape index (κ3) is 14.6. The fourth-order valence-electron chi connectivity index (χ4n) is 4.21. The fourth-order valence-corrected chi connectivity index (χ4v) is 4.21. The van der Waals surface area contributed by atoms with Crippen LogP contribution in [0.15, 0.2) is 36.4 Å². The third-order valence-electron chi connectivity index (χ3n) is 6.76. The van der Waals surface area contributed by atoms with E-state index in [4.69, 9.17) is 19.9 Å². The Bertz CT molecular complexity index is 1190. The molecule has 0 aromatic heterocycles. The molecule has 0 radical (unpaired) electrons. The van der Waals surface area contributed by atoms with Gasteiger partial charge in [0.05, 0.1) is 46.2 Å². The zero-order valence-corrected chi connectivity index (χ0v) is 26.7. The van der Waals surface area contributed by atoms with E-state index in [2.05, 4.69) is 21.3 Å². The highest BCUT2D eigenvalue weighted by Crippen LogP contribution is 2.11. The van der Waals surface area contributed by atoms with Gasteiger partial charge in [-0.25, -0.2) is 4.79 Å². The van der Waals surface area contributed by atoms with Gasteiger partial charge >= 0.3 is 6.03 Å². The quantitative estimate of drug-likeness (QED) is 0.0870. The van der Waals surface area contributed by atoms with E-state index in [9.17, 15) is 28.8 Å². The maximum absolute atomic E-state index is 13.2. The SMILES string of the molecule is Cc1ccc(NC(=O)[C@H](CCCNC(N)=O)NC(=O)[C@@H](NC(=O)CCOCCOCCOCCN2C(=O)C=CC2=O)C(C)C)cc1. The van der Waals surface area contributed by atoms with Crippen LogP contribution in [0.1, 0.15) is 38.7 Å². The molecular weight excluding hydrogens is 600 g/mol. The molecule has 6 N–H and O–H groups in total. The minimum absolute atomic E-state index is 0.0124. The number of benzene rings is 1. The minimum Gasteiger partial charge on any atom is -0.379 e. The van der Waals surface area contributed by atoms with Crippen LogP contribution in [0.3, 0.4) is 0 Å². The Labute approximate surface area is 268 Å². The molecule has 15 heteroatoms. The molecule has 1 heterocycles. The van der Waals surface area contributed by atoms with Crippen molar-refractivity contribution in [2.45, 2.75) is 52.1 Å². The summed E-state index contributed by atoms with van der Waals surface area (Å²) < 4.78 is 16.2. The van der Waals surface area contributed by atoms with E-state index in [0.29, 0.717) is 18.7 Å². The maximum atomic E-state index is 13.2. The molecular formula is C31H46N6O9. The third-order valence-corrected chi connectivity index (χ3v) is 6.76. The molecule has 2 atom stereocenters. The van der Waals surface area contributed by atoms with Gasteiger partial charge in [-0.3, -0.25) is 28.9 Å². The lowest BCUT2D eigenvalue weighted by Gasteiger charge is -2.25. The van der Waals surface area contributed by atoms with Gasteiger partial charge in [0.2, 0.25) is 17.7 Å². The van der Waals surface area contributed by atoms with Gasteiger partial charge in [-0.15, -0.1) is 0 Å². The number of anilines is 1. The van der Waals surface area contributed by atoms with Crippen molar-refractivity contribution in [1.29, 1.82) is 0 Å². The molecule has 0 spiro atoms. The predicted molar refractivity (Wildman–Crippen MR) is 168 cm³/mol. The lowest BCUT2D eigenvalue weighted by Crippen LogP contribution is -2.54. The van der Waals surface area contributed by atoms with E-state index in [1.54, 1.807) is 26.0 Å². The van der Waals surface area contributed by atoms with E-state index in [-0.39, 0.29) is 82.6 Å². The highest BCUT2D eigenvalue weighted by atomic mass is 16.5. The Morgan fingerprint density at radius 3 is 2.00 bits per heavy atom. The number of hydrogen-bond acceptors (Lipinski definition) is 9. The summed E-state index contributed by atoms with van der Waals surface area (Å²) in [5.41, 5.74) is 6.71. The molecule has 254 valence electrons. The lowest BCUT2D eigenvalue weighted by atomic mass is 10.0. The van der Waals surface area contributed by atoms with Crippen molar-refractivity contribution in [3.63, 3.8) is 0 Å². The Kier molecular flexibility index (Phi) is 17.0. The average molecular weight is 647 g/mol. The molecule has 0 unspecified atom stereocenters. The van der Waals surface area contributed by atoms with Gasteiger partial charge in [-0.05, 0) is 37.8 Å². The number of urea groups is 1. The molecule has 1 aliphatic rings. The first-order valence-electron chi connectivity index (χ1n) is 15.2. The van der Waals surface area contributed by atoms with E-state index in [0.717, 1.165) is 10.5 Å². The number of imide groups is 1. The van der Waals surface area contributed by atoms with Crippen molar-refractivity contribution in [2.75, 3.05) is 58.0 Å². The first-order valence-corrected chi connectivity index (χ1v) is 15.2. The molecule has 0 bridgehead atoms. The monoisotopic (exact) mass is 646 g/mol. The smallest absolute Gasteiger partial charge is 0.312 e. The summed E-state index contributed by atoms with van der Waals surface area (Å²) in [6.07, 6.45) is 3.06. The average Bonchev–Trinajstić information content (AvgIpc) is 3.33. The van der Waals surface area contributed by atoms with E-state index in [1.807, 2.05) is 19.1 Å². The normalized spacial score (nSPS) is 13.9. The first kappa shape index (κ1) is 37.8. The molecule has 0 saturated carbocycles. The van der Waals surface area contributed by atoms with Gasteiger partial charge < -0.3 is 41.2 Å². The van der Waals surface area contributed by atoms with Gasteiger partial charge in [-0.1, -0.05) is 31.5 Å². The molecule has 46 heavy (non-hydrogen) atoms. The summed E-state index contributed by atoms with van der Waals surface area (Å²) in [5, 5.41) is 10.7. The molecule has 1 aromatic rings. The van der Waals surface area contributed by atoms with Gasteiger partial charge in [0.25, 0.3) is 11.8 Å². The maximum Gasteiger partial charge on any atom is 0.312 e. The summed E-state index contributed by atoms with van der Waals surface area (Å²) in [4.78, 5) is 73.9. The van der Waals surface area contributed by atoms with Crippen molar-refractivity contribution < 1.29 is 43.0 Å². The molecule has 0 saturated heterocycles.